The molecule has 0 aliphatic rings. The van der Waals surface area contributed by atoms with Crippen LogP contribution < -0.4 is 26.4 Å². The van der Waals surface area contributed by atoms with E-state index in [0.717, 1.165) is 0 Å². The van der Waals surface area contributed by atoms with Gasteiger partial charge in [0, 0.05) is 26.2 Å². The minimum absolute atomic E-state index is 0.0184. The molecule has 0 radical (unpaired) electrons. The second-order valence-electron chi connectivity index (χ2n) is 4.95. The normalized spacial score (nSPS) is 11.4. The Bertz CT molecular complexity index is 551. The van der Waals surface area contributed by atoms with Crippen LogP contribution in [0, 0.1) is 0 Å². The van der Waals surface area contributed by atoms with E-state index in [9.17, 15) is 14.7 Å². The van der Waals surface area contributed by atoms with Crippen molar-refractivity contribution in [3.05, 3.63) is 42.5 Å². The molecule has 132 valence electrons. The van der Waals surface area contributed by atoms with Crippen LogP contribution >= 0.6 is 0 Å². The monoisotopic (exact) mass is 336 g/mol. The fraction of sp³-hybridized carbons (Fsp3) is 0.375. The minimum Gasteiger partial charge on any atom is -0.490 e. The maximum atomic E-state index is 11.3. The molecular weight excluding hydrogens is 312 g/mol. The molecule has 0 aliphatic heterocycles. The lowest BCUT2D eigenvalue weighted by Crippen LogP contribution is -2.41. The molecule has 8 heteroatoms. The molecule has 0 fully saturated rings. The topological polar surface area (TPSA) is 126 Å². The largest absolute Gasteiger partial charge is 0.490 e. The number of benzene rings is 1. The number of primary amides is 1. The lowest BCUT2D eigenvalue weighted by molar-refractivity contribution is 0.0964. The highest BCUT2D eigenvalue weighted by atomic mass is 16.5. The van der Waals surface area contributed by atoms with Gasteiger partial charge in [-0.2, -0.15) is 0 Å². The van der Waals surface area contributed by atoms with Crippen LogP contribution in [0.4, 0.5) is 4.79 Å². The Hall–Kier alpha value is -2.58. The van der Waals surface area contributed by atoms with Crippen molar-refractivity contribution in [2.24, 2.45) is 5.73 Å². The van der Waals surface area contributed by atoms with Crippen molar-refractivity contribution in [1.29, 1.82) is 0 Å². The van der Waals surface area contributed by atoms with Gasteiger partial charge in [0.25, 0.3) is 5.91 Å². The molecule has 1 aromatic rings. The number of carbonyl (C=O) groups is 2. The zero-order valence-electron chi connectivity index (χ0n) is 13.5. The summed E-state index contributed by atoms with van der Waals surface area (Å²) >= 11 is 0. The third-order valence-electron chi connectivity index (χ3n) is 2.96. The number of aliphatic hydroxyl groups excluding tert-OH is 1. The second kappa shape index (κ2) is 11.0. The maximum Gasteiger partial charge on any atom is 0.315 e. The van der Waals surface area contributed by atoms with Crippen LogP contribution in [0.5, 0.6) is 5.75 Å². The van der Waals surface area contributed by atoms with Crippen LogP contribution in [-0.2, 0) is 0 Å². The van der Waals surface area contributed by atoms with Crippen LogP contribution in [0.25, 0.3) is 0 Å². The van der Waals surface area contributed by atoms with Crippen LogP contribution in [-0.4, -0.2) is 55.9 Å². The Labute approximate surface area is 141 Å². The number of para-hydroxylation sites is 1. The lowest BCUT2D eigenvalue weighted by Gasteiger charge is -2.15. The number of rotatable bonds is 11. The van der Waals surface area contributed by atoms with Crippen molar-refractivity contribution in [3.63, 3.8) is 0 Å². The van der Waals surface area contributed by atoms with Crippen LogP contribution in [0.3, 0.4) is 0 Å². The predicted octanol–water partition coefficient (Wildman–Crippen LogP) is -0.400. The van der Waals surface area contributed by atoms with E-state index < -0.39 is 12.0 Å². The number of nitrogens with two attached hydrogens (primary N) is 1. The first-order chi connectivity index (χ1) is 11.5. The van der Waals surface area contributed by atoms with Gasteiger partial charge in [-0.15, -0.1) is 6.58 Å². The van der Waals surface area contributed by atoms with E-state index >= 15 is 0 Å². The number of urea groups is 1. The summed E-state index contributed by atoms with van der Waals surface area (Å²) in [5, 5.41) is 18.1. The molecule has 24 heavy (non-hydrogen) atoms. The standard InChI is InChI=1S/C16H24N4O4/c1-2-7-19-16(23)20-9-8-18-10-12(21)11-24-14-6-4-3-5-13(14)15(17)22/h2-6,12,18,21H,1,7-11H2,(H2,17,22)(H2,19,20,23). The highest BCUT2D eigenvalue weighted by Crippen LogP contribution is 2.17. The summed E-state index contributed by atoms with van der Waals surface area (Å²) in [7, 11) is 0. The highest BCUT2D eigenvalue weighted by molar-refractivity contribution is 5.95. The van der Waals surface area contributed by atoms with Crippen molar-refractivity contribution < 1.29 is 19.4 Å². The molecule has 8 nitrogen and oxygen atoms in total. The van der Waals surface area contributed by atoms with Crippen molar-refractivity contribution >= 4 is 11.9 Å². The van der Waals surface area contributed by atoms with Crippen molar-refractivity contribution in [3.8, 4) is 5.75 Å². The van der Waals surface area contributed by atoms with E-state index in [-0.39, 0.29) is 24.7 Å². The van der Waals surface area contributed by atoms with E-state index in [2.05, 4.69) is 22.5 Å². The third kappa shape index (κ3) is 7.61. The first-order valence-electron chi connectivity index (χ1n) is 7.57. The number of ether oxygens (including phenoxy) is 1. The number of nitrogens with one attached hydrogen (secondary N) is 3. The van der Waals surface area contributed by atoms with E-state index in [1.165, 1.54) is 0 Å². The van der Waals surface area contributed by atoms with E-state index in [1.807, 2.05) is 0 Å². The summed E-state index contributed by atoms with van der Waals surface area (Å²) in [4.78, 5) is 22.5. The predicted molar refractivity (Wildman–Crippen MR) is 90.9 cm³/mol. The van der Waals surface area contributed by atoms with Gasteiger partial charge in [0.05, 0.1) is 5.56 Å². The summed E-state index contributed by atoms with van der Waals surface area (Å²) < 4.78 is 5.42. The Morgan fingerprint density at radius 2 is 2.04 bits per heavy atom. The average Bonchev–Trinajstić information content (AvgIpc) is 2.57. The molecule has 0 aliphatic carbocycles. The van der Waals surface area contributed by atoms with Gasteiger partial charge >= 0.3 is 6.03 Å². The van der Waals surface area contributed by atoms with Crippen molar-refractivity contribution in [2.75, 3.05) is 32.8 Å². The smallest absolute Gasteiger partial charge is 0.315 e. The third-order valence-corrected chi connectivity index (χ3v) is 2.96. The average molecular weight is 336 g/mol. The highest BCUT2D eigenvalue weighted by Gasteiger charge is 2.10. The first kappa shape index (κ1) is 19.5. The molecule has 0 spiro atoms. The van der Waals surface area contributed by atoms with E-state index in [4.69, 9.17) is 10.5 Å². The number of aliphatic hydroxyl groups is 1. The first-order valence-corrected chi connectivity index (χ1v) is 7.57. The van der Waals surface area contributed by atoms with Gasteiger partial charge < -0.3 is 31.5 Å². The molecule has 1 rings (SSSR count). The molecule has 6 N–H and O–H groups in total. The molecule has 1 unspecified atom stereocenters. The van der Waals surface area contributed by atoms with E-state index in [0.29, 0.717) is 25.4 Å². The van der Waals surface area contributed by atoms with Gasteiger partial charge in [0.1, 0.15) is 18.5 Å². The van der Waals surface area contributed by atoms with Gasteiger partial charge in [-0.1, -0.05) is 18.2 Å². The van der Waals surface area contributed by atoms with E-state index in [1.54, 1.807) is 30.3 Å². The number of carbonyl (C=O) groups excluding carboxylic acids is 2. The summed E-state index contributed by atoms with van der Waals surface area (Å²) in [6, 6.07) is 6.30. The van der Waals surface area contributed by atoms with Crippen LogP contribution in [0.2, 0.25) is 0 Å². The zero-order chi connectivity index (χ0) is 17.8. The summed E-state index contributed by atoms with van der Waals surface area (Å²) in [6.45, 7) is 5.12. The Kier molecular flexibility index (Phi) is 8.95. The molecule has 0 saturated carbocycles. The molecular formula is C16H24N4O4. The number of hydrogen-bond donors (Lipinski definition) is 5. The number of hydrogen-bond acceptors (Lipinski definition) is 5. The minimum atomic E-state index is -0.763. The second-order valence-corrected chi connectivity index (χ2v) is 4.95. The van der Waals surface area contributed by atoms with Crippen LogP contribution in [0.15, 0.2) is 36.9 Å². The van der Waals surface area contributed by atoms with Crippen molar-refractivity contribution in [2.45, 2.75) is 6.10 Å². The molecule has 0 heterocycles. The van der Waals surface area contributed by atoms with Crippen LogP contribution in [0.1, 0.15) is 10.4 Å². The fourth-order valence-corrected chi connectivity index (χ4v) is 1.80. The summed E-state index contributed by atoms with van der Waals surface area (Å²) in [5.74, 6) is -0.247. The van der Waals surface area contributed by atoms with Crippen molar-refractivity contribution in [1.82, 2.24) is 16.0 Å². The molecule has 0 saturated heterocycles. The molecule has 0 bridgehead atoms. The molecule has 0 aromatic heterocycles. The Morgan fingerprint density at radius 3 is 2.75 bits per heavy atom. The number of amides is 3. The lowest BCUT2D eigenvalue weighted by atomic mass is 10.2. The van der Waals surface area contributed by atoms with Gasteiger partial charge in [-0.25, -0.2) is 4.79 Å². The van der Waals surface area contributed by atoms with Gasteiger partial charge in [0.2, 0.25) is 0 Å². The molecule has 1 atom stereocenters. The summed E-state index contributed by atoms with van der Waals surface area (Å²) in [6.07, 6.45) is 0.824. The Balaban J connectivity index is 2.19. The fourth-order valence-electron chi connectivity index (χ4n) is 1.80. The molecule has 3 amide bonds. The molecule has 1 aromatic carbocycles. The maximum absolute atomic E-state index is 11.3. The summed E-state index contributed by atoms with van der Waals surface area (Å²) in [5.41, 5.74) is 5.52. The zero-order valence-corrected chi connectivity index (χ0v) is 13.5. The van der Waals surface area contributed by atoms with Gasteiger partial charge in [-0.05, 0) is 12.1 Å². The SMILES string of the molecule is C=CCNC(=O)NCCNCC(O)COc1ccccc1C(N)=O. The van der Waals surface area contributed by atoms with Gasteiger partial charge in [-0.3, -0.25) is 4.79 Å². The quantitative estimate of drug-likeness (QED) is 0.278. The Morgan fingerprint density at radius 1 is 1.29 bits per heavy atom. The van der Waals surface area contributed by atoms with Gasteiger partial charge in [0.15, 0.2) is 0 Å².